The van der Waals surface area contributed by atoms with E-state index in [-0.39, 0.29) is 23.3 Å². The van der Waals surface area contributed by atoms with E-state index in [1.807, 2.05) is 0 Å². The van der Waals surface area contributed by atoms with Crippen LogP contribution in [0.15, 0.2) is 18.2 Å². The van der Waals surface area contributed by atoms with Gasteiger partial charge in [0.25, 0.3) is 5.69 Å². The fourth-order valence-electron chi connectivity index (χ4n) is 2.66. The fourth-order valence-corrected chi connectivity index (χ4v) is 2.66. The van der Waals surface area contributed by atoms with E-state index < -0.39 is 10.8 Å². The lowest BCUT2D eigenvalue weighted by atomic mass is 10.0. The molecule has 114 valence electrons. The van der Waals surface area contributed by atoms with Gasteiger partial charge < -0.3 is 10.8 Å². The number of amides is 1. The molecule has 1 fully saturated rings. The van der Waals surface area contributed by atoms with Gasteiger partial charge in [0.1, 0.15) is 0 Å². The molecule has 1 aromatic carbocycles. The minimum atomic E-state index is -0.681. The first-order valence-electron chi connectivity index (χ1n) is 6.86. The zero-order valence-electron chi connectivity index (χ0n) is 11.9. The van der Waals surface area contributed by atoms with Crippen LogP contribution >= 0.6 is 0 Å². The number of carbonyl (C=O) groups excluding carboxylic acids is 1. The average molecular weight is 293 g/mol. The highest BCUT2D eigenvalue weighted by atomic mass is 16.6. The van der Waals surface area contributed by atoms with Gasteiger partial charge in [0, 0.05) is 30.3 Å². The first-order chi connectivity index (χ1) is 9.88. The summed E-state index contributed by atoms with van der Waals surface area (Å²) in [6, 6.07) is 4.31. The summed E-state index contributed by atoms with van der Waals surface area (Å²) < 4.78 is 0. The normalized spacial score (nSPS) is 20.4. The number of nitro groups is 1. The van der Waals surface area contributed by atoms with Crippen LogP contribution in [0.4, 0.5) is 5.69 Å². The smallest absolute Gasteiger partial charge is 0.274 e. The number of aliphatic hydroxyl groups excluding tert-OH is 1. The van der Waals surface area contributed by atoms with Gasteiger partial charge >= 0.3 is 0 Å². The molecule has 1 aromatic rings. The molecule has 1 aliphatic heterocycles. The van der Waals surface area contributed by atoms with Gasteiger partial charge in [-0.05, 0) is 31.9 Å². The maximum atomic E-state index is 11.1. The molecule has 2 rings (SSSR count). The Bertz CT molecular complexity index is 559. The van der Waals surface area contributed by atoms with Gasteiger partial charge in [-0.15, -0.1) is 0 Å². The van der Waals surface area contributed by atoms with Crippen molar-refractivity contribution in [2.24, 2.45) is 11.7 Å². The Morgan fingerprint density at radius 3 is 2.86 bits per heavy atom. The van der Waals surface area contributed by atoms with Gasteiger partial charge in [0.2, 0.25) is 5.91 Å². The molecular formula is C14H19N3O4. The summed E-state index contributed by atoms with van der Waals surface area (Å²) in [5.74, 6) is -0.478. The van der Waals surface area contributed by atoms with Gasteiger partial charge in [0.05, 0.1) is 11.0 Å². The van der Waals surface area contributed by atoms with E-state index in [0.717, 1.165) is 13.0 Å². The van der Waals surface area contributed by atoms with Gasteiger partial charge in [-0.25, -0.2) is 0 Å². The summed E-state index contributed by atoms with van der Waals surface area (Å²) in [4.78, 5) is 23.8. The lowest BCUT2D eigenvalue weighted by Crippen LogP contribution is -2.24. The second kappa shape index (κ2) is 6.19. The van der Waals surface area contributed by atoms with Crippen LogP contribution < -0.4 is 5.73 Å². The third-order valence-electron chi connectivity index (χ3n) is 3.95. The van der Waals surface area contributed by atoms with Crippen molar-refractivity contribution in [1.29, 1.82) is 0 Å². The molecule has 2 atom stereocenters. The van der Waals surface area contributed by atoms with Crippen molar-refractivity contribution >= 4 is 11.6 Å². The third-order valence-corrected chi connectivity index (χ3v) is 3.95. The van der Waals surface area contributed by atoms with E-state index >= 15 is 0 Å². The quantitative estimate of drug-likeness (QED) is 0.619. The molecule has 0 aliphatic carbocycles. The molecule has 1 saturated heterocycles. The van der Waals surface area contributed by atoms with Crippen LogP contribution in [-0.2, 0) is 6.54 Å². The van der Waals surface area contributed by atoms with E-state index in [2.05, 4.69) is 4.90 Å². The van der Waals surface area contributed by atoms with Crippen LogP contribution in [0.25, 0.3) is 0 Å². The maximum Gasteiger partial charge on any atom is 0.274 e. The Balaban J connectivity index is 2.17. The Morgan fingerprint density at radius 1 is 1.62 bits per heavy atom. The summed E-state index contributed by atoms with van der Waals surface area (Å²) >= 11 is 0. The number of primary amides is 1. The van der Waals surface area contributed by atoms with Crippen molar-refractivity contribution in [3.05, 3.63) is 39.4 Å². The zero-order valence-corrected chi connectivity index (χ0v) is 11.9. The van der Waals surface area contributed by atoms with Crippen molar-refractivity contribution in [1.82, 2.24) is 4.90 Å². The maximum absolute atomic E-state index is 11.1. The molecule has 0 aromatic heterocycles. The Morgan fingerprint density at radius 2 is 2.33 bits per heavy atom. The van der Waals surface area contributed by atoms with Crippen LogP contribution in [-0.4, -0.2) is 40.0 Å². The number of benzene rings is 1. The minimum Gasteiger partial charge on any atom is -0.393 e. The summed E-state index contributed by atoms with van der Waals surface area (Å²) in [6.07, 6.45) is 0.507. The predicted molar refractivity (Wildman–Crippen MR) is 76.7 cm³/mol. The van der Waals surface area contributed by atoms with Crippen molar-refractivity contribution in [3.8, 4) is 0 Å². The van der Waals surface area contributed by atoms with Crippen molar-refractivity contribution in [2.75, 3.05) is 13.1 Å². The highest BCUT2D eigenvalue weighted by Gasteiger charge is 2.27. The topological polar surface area (TPSA) is 110 Å². The molecule has 7 nitrogen and oxygen atoms in total. The van der Waals surface area contributed by atoms with Crippen LogP contribution in [0, 0.1) is 16.0 Å². The largest absolute Gasteiger partial charge is 0.393 e. The number of hydrogen-bond donors (Lipinski definition) is 2. The van der Waals surface area contributed by atoms with Crippen LogP contribution in [0.2, 0.25) is 0 Å². The van der Waals surface area contributed by atoms with E-state index in [1.54, 1.807) is 13.0 Å². The number of nitrogens with zero attached hydrogens (tertiary/aromatic N) is 2. The van der Waals surface area contributed by atoms with Gasteiger partial charge in [0.15, 0.2) is 0 Å². The molecule has 1 heterocycles. The monoisotopic (exact) mass is 293 g/mol. The molecule has 0 saturated carbocycles. The minimum absolute atomic E-state index is 0.0909. The number of rotatable bonds is 5. The van der Waals surface area contributed by atoms with Crippen molar-refractivity contribution in [2.45, 2.75) is 26.0 Å². The Kier molecular flexibility index (Phi) is 4.54. The molecule has 21 heavy (non-hydrogen) atoms. The number of likely N-dealkylation sites (tertiary alicyclic amines) is 1. The second-order valence-electron chi connectivity index (χ2n) is 5.49. The Hall–Kier alpha value is -1.99. The second-order valence-corrected chi connectivity index (χ2v) is 5.49. The Labute approximate surface area is 122 Å². The molecular weight excluding hydrogens is 274 g/mol. The van der Waals surface area contributed by atoms with Gasteiger partial charge in [-0.1, -0.05) is 6.07 Å². The van der Waals surface area contributed by atoms with E-state index in [4.69, 9.17) is 5.73 Å². The molecule has 0 spiro atoms. The summed E-state index contributed by atoms with van der Waals surface area (Å²) in [7, 11) is 0. The molecule has 1 aliphatic rings. The third kappa shape index (κ3) is 3.56. The zero-order chi connectivity index (χ0) is 15.6. The number of aliphatic hydroxyl groups is 1. The predicted octanol–water partition coefficient (Wildman–Crippen LogP) is 0.896. The summed E-state index contributed by atoms with van der Waals surface area (Å²) in [6.45, 7) is 3.70. The highest BCUT2D eigenvalue weighted by Crippen LogP contribution is 2.26. The summed E-state index contributed by atoms with van der Waals surface area (Å²) in [5.41, 5.74) is 5.74. The number of hydrogen-bond acceptors (Lipinski definition) is 5. The highest BCUT2D eigenvalue weighted by molar-refractivity contribution is 5.93. The molecule has 3 N–H and O–H groups in total. The standard InChI is InChI=1S/C14H19N3O4/c1-9(18)11-4-5-16(7-11)8-12-3-2-10(14(15)19)6-13(12)17(20)21/h2-3,6,9,11,18H,4-5,7-8H2,1H3,(H2,15,19). The van der Waals surface area contributed by atoms with Crippen LogP contribution in [0.5, 0.6) is 0 Å². The molecule has 0 radical (unpaired) electrons. The van der Waals surface area contributed by atoms with E-state index in [9.17, 15) is 20.0 Å². The SMILES string of the molecule is CC(O)C1CCN(Cc2ccc(C(N)=O)cc2[N+](=O)[O-])C1. The molecule has 2 unspecified atom stereocenters. The van der Waals surface area contributed by atoms with Gasteiger partial charge in [-0.2, -0.15) is 0 Å². The molecule has 0 bridgehead atoms. The number of nitro benzene ring substituents is 1. The molecule has 7 heteroatoms. The fraction of sp³-hybridized carbons (Fsp3) is 0.500. The van der Waals surface area contributed by atoms with E-state index in [1.165, 1.54) is 12.1 Å². The summed E-state index contributed by atoms with van der Waals surface area (Å²) in [5, 5.41) is 20.7. The lowest BCUT2D eigenvalue weighted by molar-refractivity contribution is -0.385. The average Bonchev–Trinajstić information content (AvgIpc) is 2.87. The van der Waals surface area contributed by atoms with Crippen LogP contribution in [0.1, 0.15) is 29.3 Å². The molecule has 1 amide bonds. The lowest BCUT2D eigenvalue weighted by Gasteiger charge is -2.17. The first kappa shape index (κ1) is 15.4. The first-order valence-corrected chi connectivity index (χ1v) is 6.86. The van der Waals surface area contributed by atoms with Crippen molar-refractivity contribution in [3.63, 3.8) is 0 Å². The van der Waals surface area contributed by atoms with Gasteiger partial charge in [-0.3, -0.25) is 19.8 Å². The number of carbonyl (C=O) groups is 1. The van der Waals surface area contributed by atoms with Crippen LogP contribution in [0.3, 0.4) is 0 Å². The van der Waals surface area contributed by atoms with E-state index in [0.29, 0.717) is 18.7 Å². The van der Waals surface area contributed by atoms with Crippen molar-refractivity contribution < 1.29 is 14.8 Å². The number of nitrogens with two attached hydrogens (primary N) is 1.